The molecule has 0 heterocycles. The number of rotatable bonds is 4. The van der Waals surface area contributed by atoms with E-state index in [1.807, 2.05) is 30.3 Å². The Morgan fingerprint density at radius 1 is 1.40 bits per heavy atom. The number of hydrogen-bond acceptors (Lipinski definition) is 2. The van der Waals surface area contributed by atoms with Crippen molar-refractivity contribution < 1.29 is 4.79 Å². The van der Waals surface area contributed by atoms with Gasteiger partial charge in [0, 0.05) is 18.6 Å². The van der Waals surface area contributed by atoms with Crippen LogP contribution in [0.5, 0.6) is 0 Å². The van der Waals surface area contributed by atoms with Crippen molar-refractivity contribution >= 4 is 12.1 Å². The third-order valence-electron chi connectivity index (χ3n) is 2.38. The molecule has 0 spiro atoms. The summed E-state index contributed by atoms with van der Waals surface area (Å²) in [5.74, 6) is 0.276. The number of nitrogens with one attached hydrogen (secondary N) is 1. The van der Waals surface area contributed by atoms with Crippen LogP contribution in [0.25, 0.3) is 0 Å². The van der Waals surface area contributed by atoms with Crippen LogP contribution in [0, 0.1) is 5.92 Å². The summed E-state index contributed by atoms with van der Waals surface area (Å²) < 4.78 is 0. The molecular weight excluding hydrogens is 188 g/mol. The van der Waals surface area contributed by atoms with E-state index in [1.165, 1.54) is 5.56 Å². The fourth-order valence-electron chi connectivity index (χ4n) is 1.31. The highest BCUT2D eigenvalue weighted by atomic mass is 16.2. The molecule has 15 heavy (non-hydrogen) atoms. The van der Waals surface area contributed by atoms with Gasteiger partial charge in [-0.3, -0.25) is 4.79 Å². The topological polar surface area (TPSA) is 41.5 Å². The highest BCUT2D eigenvalue weighted by Gasteiger charge is 2.29. The lowest BCUT2D eigenvalue weighted by Crippen LogP contribution is -2.19. The van der Waals surface area contributed by atoms with E-state index in [9.17, 15) is 4.79 Å². The molecular formula is C12H14N2O. The van der Waals surface area contributed by atoms with Crippen LogP contribution in [0.4, 0.5) is 0 Å². The Labute approximate surface area is 89.2 Å². The SMILES string of the molecule is O=C(N/N=C/Cc1ccccc1)C1CC1. The van der Waals surface area contributed by atoms with Crippen LogP contribution >= 0.6 is 0 Å². The van der Waals surface area contributed by atoms with E-state index in [0.717, 1.165) is 19.3 Å². The molecule has 0 bridgehead atoms. The Morgan fingerprint density at radius 2 is 2.13 bits per heavy atom. The van der Waals surface area contributed by atoms with Crippen molar-refractivity contribution in [1.29, 1.82) is 0 Å². The Morgan fingerprint density at radius 3 is 2.80 bits per heavy atom. The van der Waals surface area contributed by atoms with Crippen molar-refractivity contribution in [3.63, 3.8) is 0 Å². The van der Waals surface area contributed by atoms with Gasteiger partial charge in [0.05, 0.1) is 0 Å². The van der Waals surface area contributed by atoms with E-state index >= 15 is 0 Å². The summed E-state index contributed by atoms with van der Waals surface area (Å²) >= 11 is 0. The van der Waals surface area contributed by atoms with Crippen LogP contribution in [0.2, 0.25) is 0 Å². The molecule has 0 unspecified atom stereocenters. The summed E-state index contributed by atoms with van der Waals surface area (Å²) in [7, 11) is 0. The number of carbonyl (C=O) groups excluding carboxylic acids is 1. The molecule has 0 atom stereocenters. The molecule has 1 saturated carbocycles. The normalized spacial score (nSPS) is 15.5. The first-order chi connectivity index (χ1) is 7.36. The van der Waals surface area contributed by atoms with Crippen molar-refractivity contribution in [3.8, 4) is 0 Å². The van der Waals surface area contributed by atoms with Crippen LogP contribution in [-0.2, 0) is 11.2 Å². The van der Waals surface area contributed by atoms with Gasteiger partial charge in [-0.05, 0) is 18.4 Å². The van der Waals surface area contributed by atoms with Crippen molar-refractivity contribution in [3.05, 3.63) is 35.9 Å². The number of carbonyl (C=O) groups is 1. The molecule has 3 nitrogen and oxygen atoms in total. The third-order valence-corrected chi connectivity index (χ3v) is 2.38. The lowest BCUT2D eigenvalue weighted by atomic mass is 10.2. The predicted octanol–water partition coefficient (Wildman–Crippen LogP) is 1.74. The summed E-state index contributed by atoms with van der Waals surface area (Å²) in [5, 5.41) is 3.90. The van der Waals surface area contributed by atoms with E-state index < -0.39 is 0 Å². The standard InChI is InChI=1S/C12H14N2O/c15-12(11-6-7-11)14-13-9-8-10-4-2-1-3-5-10/h1-5,9,11H,6-8H2,(H,14,15)/b13-9+. The number of hydrazone groups is 1. The van der Waals surface area contributed by atoms with Crippen LogP contribution < -0.4 is 5.43 Å². The molecule has 1 amide bonds. The monoisotopic (exact) mass is 202 g/mol. The Balaban J connectivity index is 1.73. The lowest BCUT2D eigenvalue weighted by molar-refractivity contribution is -0.122. The number of hydrogen-bond donors (Lipinski definition) is 1. The third kappa shape index (κ3) is 3.20. The van der Waals surface area contributed by atoms with Gasteiger partial charge in [-0.2, -0.15) is 5.10 Å². The van der Waals surface area contributed by atoms with Gasteiger partial charge in [-0.25, -0.2) is 5.43 Å². The van der Waals surface area contributed by atoms with Crippen molar-refractivity contribution in [2.45, 2.75) is 19.3 Å². The number of amides is 1. The zero-order valence-electron chi connectivity index (χ0n) is 8.52. The first-order valence-electron chi connectivity index (χ1n) is 5.21. The summed E-state index contributed by atoms with van der Waals surface area (Å²) in [6.45, 7) is 0. The van der Waals surface area contributed by atoms with E-state index in [4.69, 9.17) is 0 Å². The molecule has 1 aromatic rings. The second-order valence-electron chi connectivity index (χ2n) is 3.75. The average molecular weight is 202 g/mol. The molecule has 1 aliphatic rings. The number of benzene rings is 1. The number of nitrogens with zero attached hydrogens (tertiary/aromatic N) is 1. The van der Waals surface area contributed by atoms with Gasteiger partial charge in [0.1, 0.15) is 0 Å². The molecule has 0 aliphatic heterocycles. The summed E-state index contributed by atoms with van der Waals surface area (Å²) in [4.78, 5) is 11.2. The summed E-state index contributed by atoms with van der Waals surface area (Å²) in [6.07, 6.45) is 4.52. The second kappa shape index (κ2) is 4.73. The molecule has 3 heteroatoms. The van der Waals surface area contributed by atoms with Gasteiger partial charge in [0.2, 0.25) is 5.91 Å². The Hall–Kier alpha value is -1.64. The van der Waals surface area contributed by atoms with Gasteiger partial charge in [0.25, 0.3) is 0 Å². The molecule has 1 aliphatic carbocycles. The average Bonchev–Trinajstić information content (AvgIpc) is 3.09. The van der Waals surface area contributed by atoms with Crippen LogP contribution in [0.1, 0.15) is 18.4 Å². The highest BCUT2D eigenvalue weighted by molar-refractivity contribution is 5.81. The molecule has 0 aromatic heterocycles. The first-order valence-corrected chi connectivity index (χ1v) is 5.21. The minimum atomic E-state index is 0.0549. The predicted molar refractivity (Wildman–Crippen MR) is 59.5 cm³/mol. The van der Waals surface area contributed by atoms with Crippen LogP contribution in [-0.4, -0.2) is 12.1 Å². The Kier molecular flexibility index (Phi) is 3.12. The summed E-state index contributed by atoms with van der Waals surface area (Å²) in [5.41, 5.74) is 3.74. The maximum Gasteiger partial charge on any atom is 0.243 e. The maximum atomic E-state index is 11.2. The smallest absolute Gasteiger partial charge is 0.243 e. The van der Waals surface area contributed by atoms with Crippen LogP contribution in [0.15, 0.2) is 35.4 Å². The van der Waals surface area contributed by atoms with Crippen molar-refractivity contribution in [2.24, 2.45) is 11.0 Å². The van der Waals surface area contributed by atoms with Crippen LogP contribution in [0.3, 0.4) is 0 Å². The van der Waals surface area contributed by atoms with Crippen molar-refractivity contribution in [1.82, 2.24) is 5.43 Å². The maximum absolute atomic E-state index is 11.2. The molecule has 1 fully saturated rings. The van der Waals surface area contributed by atoms with E-state index in [2.05, 4.69) is 10.5 Å². The lowest BCUT2D eigenvalue weighted by Gasteiger charge is -1.96. The van der Waals surface area contributed by atoms with Gasteiger partial charge in [-0.15, -0.1) is 0 Å². The molecule has 78 valence electrons. The van der Waals surface area contributed by atoms with Gasteiger partial charge < -0.3 is 0 Å². The summed E-state index contributed by atoms with van der Waals surface area (Å²) in [6, 6.07) is 10.0. The fourth-order valence-corrected chi connectivity index (χ4v) is 1.31. The van der Waals surface area contributed by atoms with Gasteiger partial charge in [0.15, 0.2) is 0 Å². The molecule has 1 aromatic carbocycles. The molecule has 0 radical (unpaired) electrons. The minimum Gasteiger partial charge on any atom is -0.273 e. The second-order valence-corrected chi connectivity index (χ2v) is 3.75. The molecule has 1 N–H and O–H groups in total. The Bertz CT molecular complexity index is 355. The van der Waals surface area contributed by atoms with Crippen molar-refractivity contribution in [2.75, 3.05) is 0 Å². The van der Waals surface area contributed by atoms with Gasteiger partial charge in [-0.1, -0.05) is 30.3 Å². The highest BCUT2D eigenvalue weighted by Crippen LogP contribution is 2.28. The first kappa shape index (κ1) is 9.90. The quantitative estimate of drug-likeness (QED) is 0.586. The van der Waals surface area contributed by atoms with E-state index in [-0.39, 0.29) is 11.8 Å². The van der Waals surface area contributed by atoms with E-state index in [1.54, 1.807) is 6.21 Å². The van der Waals surface area contributed by atoms with Gasteiger partial charge >= 0.3 is 0 Å². The molecule has 2 rings (SSSR count). The zero-order valence-corrected chi connectivity index (χ0v) is 8.52. The fraction of sp³-hybridized carbons (Fsp3) is 0.333. The minimum absolute atomic E-state index is 0.0549. The largest absolute Gasteiger partial charge is 0.273 e. The van der Waals surface area contributed by atoms with E-state index in [0.29, 0.717) is 0 Å². The zero-order chi connectivity index (χ0) is 10.5. The molecule has 0 saturated heterocycles.